The van der Waals surface area contributed by atoms with Crippen molar-refractivity contribution < 1.29 is 17.9 Å². The molecule has 7 heteroatoms. The minimum atomic E-state index is -3.03. The lowest BCUT2D eigenvalue weighted by Crippen LogP contribution is -2.43. The van der Waals surface area contributed by atoms with Gasteiger partial charge in [0.1, 0.15) is 0 Å². The fraction of sp³-hybridized carbons (Fsp3) is 0.500. The predicted molar refractivity (Wildman–Crippen MR) is 89.1 cm³/mol. The van der Waals surface area contributed by atoms with Crippen molar-refractivity contribution in [1.29, 1.82) is 0 Å². The van der Waals surface area contributed by atoms with E-state index >= 15 is 0 Å². The molecule has 0 aromatic heterocycles. The van der Waals surface area contributed by atoms with Crippen LogP contribution in [0.1, 0.15) is 16.8 Å². The fourth-order valence-electron chi connectivity index (χ4n) is 2.45. The number of halogens is 1. The van der Waals surface area contributed by atoms with Crippen LogP contribution < -0.4 is 0 Å². The largest absolute Gasteiger partial charge is 0.383 e. The van der Waals surface area contributed by atoms with Gasteiger partial charge in [0.15, 0.2) is 9.84 Å². The molecule has 1 atom stereocenters. The average Bonchev–Trinajstić information content (AvgIpc) is 2.79. The van der Waals surface area contributed by atoms with E-state index in [1.165, 1.54) is 0 Å². The van der Waals surface area contributed by atoms with E-state index in [0.29, 0.717) is 25.1 Å². The lowest BCUT2D eigenvalue weighted by molar-refractivity contribution is 0.0624. The highest BCUT2D eigenvalue weighted by molar-refractivity contribution is 14.1. The van der Waals surface area contributed by atoms with E-state index in [2.05, 4.69) is 22.6 Å². The van der Waals surface area contributed by atoms with Crippen LogP contribution in [0.2, 0.25) is 0 Å². The minimum Gasteiger partial charge on any atom is -0.383 e. The Kier molecular flexibility index (Phi) is 5.61. The van der Waals surface area contributed by atoms with Crippen LogP contribution in [0.4, 0.5) is 0 Å². The minimum absolute atomic E-state index is 0.0480. The Morgan fingerprint density at radius 2 is 2.24 bits per heavy atom. The molecular weight excluding hydrogens is 405 g/mol. The maximum atomic E-state index is 12.7. The SMILES string of the molecule is COCCN(C(=O)c1cccc(I)c1)C1CCS(=O)(=O)C1. The third-order valence-corrected chi connectivity index (χ3v) is 5.94. The highest BCUT2D eigenvalue weighted by Gasteiger charge is 2.34. The van der Waals surface area contributed by atoms with Crippen LogP contribution >= 0.6 is 22.6 Å². The van der Waals surface area contributed by atoms with Crippen LogP contribution in [-0.4, -0.2) is 57.0 Å². The molecule has 21 heavy (non-hydrogen) atoms. The first-order valence-corrected chi connectivity index (χ1v) is 9.59. The van der Waals surface area contributed by atoms with Gasteiger partial charge in [0, 0.05) is 28.8 Å². The average molecular weight is 423 g/mol. The second kappa shape index (κ2) is 7.06. The predicted octanol–water partition coefficient (Wildman–Crippen LogP) is 1.57. The lowest BCUT2D eigenvalue weighted by atomic mass is 10.1. The topological polar surface area (TPSA) is 63.7 Å². The number of carbonyl (C=O) groups is 1. The van der Waals surface area contributed by atoms with Gasteiger partial charge in [-0.2, -0.15) is 0 Å². The summed E-state index contributed by atoms with van der Waals surface area (Å²) >= 11 is 2.15. The second-order valence-corrected chi connectivity index (χ2v) is 8.53. The zero-order chi connectivity index (χ0) is 15.5. The molecule has 0 saturated carbocycles. The van der Waals surface area contributed by atoms with E-state index in [1.54, 1.807) is 18.1 Å². The number of nitrogens with zero attached hydrogens (tertiary/aromatic N) is 1. The van der Waals surface area contributed by atoms with Gasteiger partial charge in [-0.25, -0.2) is 8.42 Å². The van der Waals surface area contributed by atoms with Gasteiger partial charge < -0.3 is 9.64 Å². The van der Waals surface area contributed by atoms with E-state index in [9.17, 15) is 13.2 Å². The first-order chi connectivity index (χ1) is 9.93. The summed E-state index contributed by atoms with van der Waals surface area (Å²) in [5.41, 5.74) is 0.585. The van der Waals surface area contributed by atoms with Gasteiger partial charge >= 0.3 is 0 Å². The number of sulfone groups is 1. The smallest absolute Gasteiger partial charge is 0.254 e. The summed E-state index contributed by atoms with van der Waals surface area (Å²) in [5, 5.41) is 0. The molecule has 1 fully saturated rings. The van der Waals surface area contributed by atoms with Crippen LogP contribution in [0.25, 0.3) is 0 Å². The molecular formula is C14H18INO4S. The van der Waals surface area contributed by atoms with Crippen molar-refractivity contribution in [2.75, 3.05) is 31.8 Å². The van der Waals surface area contributed by atoms with Crippen molar-refractivity contribution in [1.82, 2.24) is 4.90 Å². The summed E-state index contributed by atoms with van der Waals surface area (Å²) < 4.78 is 29.3. The Morgan fingerprint density at radius 3 is 2.81 bits per heavy atom. The Hall–Kier alpha value is -0.670. The van der Waals surface area contributed by atoms with Gasteiger partial charge in [0.25, 0.3) is 5.91 Å². The van der Waals surface area contributed by atoms with Gasteiger partial charge in [-0.1, -0.05) is 6.07 Å². The highest BCUT2D eigenvalue weighted by atomic mass is 127. The molecule has 0 bridgehead atoms. The summed E-state index contributed by atoms with van der Waals surface area (Å²) in [7, 11) is -1.46. The maximum absolute atomic E-state index is 12.7. The van der Waals surface area contributed by atoms with Gasteiger partial charge in [-0.05, 0) is 47.2 Å². The van der Waals surface area contributed by atoms with Crippen molar-refractivity contribution >= 4 is 38.3 Å². The zero-order valence-electron chi connectivity index (χ0n) is 11.8. The summed E-state index contributed by atoms with van der Waals surface area (Å²) in [4.78, 5) is 14.3. The molecule has 0 N–H and O–H groups in total. The molecule has 1 unspecified atom stereocenters. The van der Waals surface area contributed by atoms with Crippen molar-refractivity contribution in [2.24, 2.45) is 0 Å². The molecule has 116 valence electrons. The zero-order valence-corrected chi connectivity index (χ0v) is 14.8. The summed E-state index contributed by atoms with van der Waals surface area (Å²) in [5.74, 6) is 0.0697. The third-order valence-electron chi connectivity index (χ3n) is 3.52. The molecule has 5 nitrogen and oxygen atoms in total. The second-order valence-electron chi connectivity index (χ2n) is 5.06. The number of ether oxygens (including phenoxy) is 1. The molecule has 1 aliphatic rings. The Morgan fingerprint density at radius 1 is 1.48 bits per heavy atom. The van der Waals surface area contributed by atoms with E-state index in [0.717, 1.165) is 3.57 Å². The Bertz CT molecular complexity index is 617. The molecule has 1 aromatic rings. The van der Waals surface area contributed by atoms with E-state index in [4.69, 9.17) is 4.74 Å². The summed E-state index contributed by atoms with van der Waals surface area (Å²) in [6.07, 6.45) is 0.502. The highest BCUT2D eigenvalue weighted by Crippen LogP contribution is 2.20. The van der Waals surface area contributed by atoms with Gasteiger partial charge in [-0.3, -0.25) is 4.79 Å². The van der Waals surface area contributed by atoms with Gasteiger partial charge in [0.2, 0.25) is 0 Å². The molecule has 0 radical (unpaired) electrons. The summed E-state index contributed by atoms with van der Waals surface area (Å²) in [6.45, 7) is 0.799. The van der Waals surface area contributed by atoms with Gasteiger partial charge in [0.05, 0.1) is 18.1 Å². The fourth-order valence-corrected chi connectivity index (χ4v) is 4.72. The van der Waals surface area contributed by atoms with Crippen LogP contribution in [0.15, 0.2) is 24.3 Å². The monoisotopic (exact) mass is 423 g/mol. The molecule has 0 spiro atoms. The molecule has 2 rings (SSSR count). The quantitative estimate of drug-likeness (QED) is 0.675. The number of hydrogen-bond acceptors (Lipinski definition) is 4. The van der Waals surface area contributed by atoms with Crippen LogP contribution in [-0.2, 0) is 14.6 Å². The first-order valence-electron chi connectivity index (χ1n) is 6.69. The van der Waals surface area contributed by atoms with Crippen LogP contribution in [0.5, 0.6) is 0 Å². The number of amides is 1. The third kappa shape index (κ3) is 4.40. The number of hydrogen-bond donors (Lipinski definition) is 0. The summed E-state index contributed by atoms with van der Waals surface area (Å²) in [6, 6.07) is 7.06. The van der Waals surface area contributed by atoms with Crippen LogP contribution in [0.3, 0.4) is 0 Å². The number of methoxy groups -OCH3 is 1. The molecule has 1 aliphatic heterocycles. The van der Waals surface area contributed by atoms with Crippen molar-refractivity contribution in [2.45, 2.75) is 12.5 Å². The van der Waals surface area contributed by atoms with Crippen molar-refractivity contribution in [3.8, 4) is 0 Å². The lowest BCUT2D eigenvalue weighted by Gasteiger charge is -2.28. The van der Waals surface area contributed by atoms with Gasteiger partial charge in [-0.15, -0.1) is 0 Å². The maximum Gasteiger partial charge on any atom is 0.254 e. The van der Waals surface area contributed by atoms with E-state index in [1.807, 2.05) is 18.2 Å². The number of rotatable bonds is 5. The molecule has 1 amide bonds. The number of carbonyl (C=O) groups excluding carboxylic acids is 1. The van der Waals surface area contributed by atoms with Crippen molar-refractivity contribution in [3.63, 3.8) is 0 Å². The van der Waals surface area contributed by atoms with Crippen LogP contribution in [0, 0.1) is 3.57 Å². The molecule has 1 heterocycles. The Labute approximate surface area is 138 Å². The van der Waals surface area contributed by atoms with E-state index in [-0.39, 0.29) is 23.5 Å². The molecule has 1 aromatic carbocycles. The first kappa shape index (κ1) is 16.7. The normalized spacial score (nSPS) is 20.4. The molecule has 0 aliphatic carbocycles. The molecule has 1 saturated heterocycles. The Balaban J connectivity index is 2.21. The number of benzene rings is 1. The van der Waals surface area contributed by atoms with E-state index < -0.39 is 9.84 Å². The standard InChI is InChI=1S/C14H18INO4S/c1-20-7-6-16(13-5-8-21(18,19)10-13)14(17)11-3-2-4-12(15)9-11/h2-4,9,13H,5-8,10H2,1H3. The van der Waals surface area contributed by atoms with Crippen molar-refractivity contribution in [3.05, 3.63) is 33.4 Å².